The van der Waals surface area contributed by atoms with E-state index < -0.39 is 0 Å². The number of aromatic nitrogens is 2. The van der Waals surface area contributed by atoms with Crippen LogP contribution < -0.4 is 0 Å². The first-order valence-electron chi connectivity index (χ1n) is 27.7. The van der Waals surface area contributed by atoms with Crippen LogP contribution in [0.1, 0.15) is 57.6 Å². The van der Waals surface area contributed by atoms with Crippen LogP contribution in [0, 0.1) is 5.92 Å². The third-order valence-corrected chi connectivity index (χ3v) is 20.9. The van der Waals surface area contributed by atoms with E-state index >= 15 is 0 Å². The number of hydrogen-bond acceptors (Lipinski definition) is 1. The van der Waals surface area contributed by atoms with Crippen LogP contribution >= 0.6 is 0 Å². The summed E-state index contributed by atoms with van der Waals surface area (Å²) in [7, 11) is 0. The highest BCUT2D eigenvalue weighted by molar-refractivity contribution is 6.16. The maximum absolute atomic E-state index is 7.15. The minimum Gasteiger partial charge on any atom is -0.456 e. The van der Waals surface area contributed by atoms with Crippen molar-refractivity contribution in [1.29, 1.82) is 0 Å². The van der Waals surface area contributed by atoms with Gasteiger partial charge in [-0.05, 0) is 152 Å². The van der Waals surface area contributed by atoms with Crippen molar-refractivity contribution in [2.75, 3.05) is 0 Å². The van der Waals surface area contributed by atoms with Crippen LogP contribution in [0.25, 0.3) is 110 Å². The second kappa shape index (κ2) is 13.4. The molecule has 0 N–H and O–H groups in total. The molecule has 358 valence electrons. The Morgan fingerprint density at radius 3 is 1.65 bits per heavy atom. The van der Waals surface area contributed by atoms with Gasteiger partial charge in [0.2, 0.25) is 0 Å². The minimum absolute atomic E-state index is 0.147. The lowest BCUT2D eigenvalue weighted by molar-refractivity contribution is -0.177. The van der Waals surface area contributed by atoms with Gasteiger partial charge >= 0.3 is 0 Å². The summed E-state index contributed by atoms with van der Waals surface area (Å²) in [6.07, 6.45) is 1.06. The molecule has 7 unspecified atom stereocenters. The van der Waals surface area contributed by atoms with Crippen molar-refractivity contribution < 1.29 is 4.42 Å². The smallest absolute Gasteiger partial charge is 0.135 e. The number of fused-ring (bicyclic) bond motifs is 15. The SMILES string of the molecule is c1ccc(-n2c3ccccc3c3cc(-c4ccc5c(c4)c4ccccc4n5-c4ccc5oc6cccc7c6c5c4C45CC6c8ccccc8-c8ccccc8C68C6c9ccccc9-c9ccccc9C6(C74)C58)ccc32)cc1. The molecule has 3 fully saturated rings. The normalized spacial score (nSPS) is 24.2. The van der Waals surface area contributed by atoms with E-state index in [1.165, 1.54) is 121 Å². The Bertz CT molecular complexity index is 5030. The zero-order chi connectivity index (χ0) is 49.7. The van der Waals surface area contributed by atoms with Crippen molar-refractivity contribution >= 4 is 65.6 Å². The van der Waals surface area contributed by atoms with Crippen LogP contribution in [0.5, 0.6) is 0 Å². The molecule has 3 aromatic heterocycles. The fourth-order valence-electron chi connectivity index (χ4n) is 19.1. The molecular formula is C74H46N2O. The molecule has 0 aliphatic heterocycles. The Balaban J connectivity index is 0.873. The van der Waals surface area contributed by atoms with Crippen molar-refractivity contribution in [2.45, 2.75) is 40.4 Å². The predicted octanol–water partition coefficient (Wildman–Crippen LogP) is 18.2. The van der Waals surface area contributed by atoms with E-state index in [2.05, 4.69) is 252 Å². The Hall–Kier alpha value is -9.18. The minimum atomic E-state index is -0.225. The summed E-state index contributed by atoms with van der Waals surface area (Å²) in [5.41, 5.74) is 26.1. The number of nitrogens with zero attached hydrogens (tertiary/aromatic N) is 2. The van der Waals surface area contributed by atoms with Gasteiger partial charge in [0.25, 0.3) is 0 Å². The van der Waals surface area contributed by atoms with Gasteiger partial charge in [0.15, 0.2) is 0 Å². The monoisotopic (exact) mass is 978 g/mol. The molecule has 0 amide bonds. The maximum Gasteiger partial charge on any atom is 0.135 e. The molecule has 0 bridgehead atoms. The Kier molecular flexibility index (Phi) is 7.01. The van der Waals surface area contributed by atoms with E-state index in [-0.39, 0.29) is 28.1 Å². The van der Waals surface area contributed by atoms with Gasteiger partial charge in [-0.25, -0.2) is 0 Å². The van der Waals surface area contributed by atoms with Crippen LogP contribution in [-0.4, -0.2) is 9.13 Å². The van der Waals surface area contributed by atoms with E-state index in [9.17, 15) is 0 Å². The molecule has 77 heavy (non-hydrogen) atoms. The molecule has 0 saturated heterocycles. The second-order valence-electron chi connectivity index (χ2n) is 23.4. The number of benzene rings is 11. The van der Waals surface area contributed by atoms with Crippen LogP contribution in [0.2, 0.25) is 0 Å². The highest BCUT2D eigenvalue weighted by atomic mass is 16.3. The van der Waals surface area contributed by atoms with Crippen molar-refractivity contribution in [1.82, 2.24) is 9.13 Å². The van der Waals surface area contributed by atoms with Gasteiger partial charge in [0.1, 0.15) is 11.2 Å². The highest BCUT2D eigenvalue weighted by Crippen LogP contribution is 2.98. The van der Waals surface area contributed by atoms with E-state index in [0.717, 1.165) is 17.6 Å². The first kappa shape index (κ1) is 40.2. The van der Waals surface area contributed by atoms with Gasteiger partial charge in [-0.15, -0.1) is 0 Å². The number of rotatable bonds is 3. The zero-order valence-corrected chi connectivity index (χ0v) is 41.9. The maximum atomic E-state index is 7.15. The molecule has 3 heterocycles. The molecule has 3 spiro atoms. The summed E-state index contributed by atoms with van der Waals surface area (Å²) in [5.74, 6) is 1.11. The zero-order valence-electron chi connectivity index (χ0n) is 41.9. The molecule has 14 aromatic rings. The fraction of sp³-hybridized carbons (Fsp3) is 0.108. The predicted molar refractivity (Wildman–Crippen MR) is 313 cm³/mol. The first-order chi connectivity index (χ1) is 38.2. The Labute approximate surface area is 443 Å². The molecule has 3 saturated carbocycles. The van der Waals surface area contributed by atoms with E-state index in [4.69, 9.17) is 4.42 Å². The van der Waals surface area contributed by atoms with Crippen molar-refractivity contribution in [3.8, 4) is 44.8 Å². The Morgan fingerprint density at radius 1 is 0.377 bits per heavy atom. The third-order valence-electron chi connectivity index (χ3n) is 20.9. The van der Waals surface area contributed by atoms with Gasteiger partial charge < -0.3 is 13.6 Å². The third kappa shape index (κ3) is 4.26. The van der Waals surface area contributed by atoms with Crippen LogP contribution in [0.4, 0.5) is 0 Å². The lowest BCUT2D eigenvalue weighted by atomic mass is 9.17. The standard InChI is InChI=1S/C74H46N2O/c1-2-17-44(18-3-1)75-59-30-14-10-24-50(59)54-39-42(33-35-61(54)75)43-34-36-62-55(40-43)51-25-11-15-31-60(51)76(62)63-37-38-65-67-66-53(27-16-32-64(66)77-65)69-72(68(63)67)41-58-49-23-6-4-19-45(49)47-21-8-12-28-56(47)73(58)70-52-26-7-5-20-46(52)48-22-9-13-29-57(48)74(69,70)71(72)73/h1-40,58,69-71H,41H2. The topological polar surface area (TPSA) is 23.0 Å². The fourth-order valence-corrected chi connectivity index (χ4v) is 19.1. The molecule has 0 radical (unpaired) electrons. The average molecular weight is 979 g/mol. The van der Waals surface area contributed by atoms with Crippen molar-refractivity contribution in [2.24, 2.45) is 5.92 Å². The molecule has 20 rings (SSSR count). The quantitative estimate of drug-likeness (QED) is 0.173. The molecule has 11 aromatic carbocycles. The summed E-state index contributed by atoms with van der Waals surface area (Å²) >= 11 is 0. The summed E-state index contributed by atoms with van der Waals surface area (Å²) in [6.45, 7) is 0. The molecule has 3 heteroatoms. The average Bonchev–Trinajstić information content (AvgIpc) is 2.22. The lowest BCUT2D eigenvalue weighted by Gasteiger charge is -2.84. The molecule has 6 aliphatic rings. The lowest BCUT2D eigenvalue weighted by Crippen LogP contribution is -2.83. The largest absolute Gasteiger partial charge is 0.456 e. The van der Waals surface area contributed by atoms with Gasteiger partial charge in [0, 0.05) is 66.1 Å². The van der Waals surface area contributed by atoms with E-state index in [1.54, 1.807) is 11.1 Å². The molecule has 7 atom stereocenters. The summed E-state index contributed by atoms with van der Waals surface area (Å²) in [5, 5.41) is 7.71. The molecule has 6 aliphatic carbocycles. The van der Waals surface area contributed by atoms with E-state index in [1.807, 2.05) is 0 Å². The van der Waals surface area contributed by atoms with Gasteiger partial charge in [0.05, 0.1) is 27.8 Å². The van der Waals surface area contributed by atoms with Crippen LogP contribution in [0.3, 0.4) is 0 Å². The summed E-state index contributed by atoms with van der Waals surface area (Å²) in [6, 6.07) is 93.2. The van der Waals surface area contributed by atoms with Gasteiger partial charge in [-0.3, -0.25) is 0 Å². The van der Waals surface area contributed by atoms with Crippen LogP contribution in [-0.2, 0) is 16.2 Å². The van der Waals surface area contributed by atoms with Gasteiger partial charge in [-0.2, -0.15) is 0 Å². The summed E-state index contributed by atoms with van der Waals surface area (Å²) in [4.78, 5) is 0. The Morgan fingerprint density at radius 2 is 0.922 bits per heavy atom. The second-order valence-corrected chi connectivity index (χ2v) is 23.4. The van der Waals surface area contributed by atoms with Crippen molar-refractivity contribution in [3.05, 3.63) is 276 Å². The highest BCUT2D eigenvalue weighted by Gasteiger charge is 2.95. The van der Waals surface area contributed by atoms with Gasteiger partial charge in [-0.1, -0.05) is 176 Å². The number of furan rings is 1. The summed E-state index contributed by atoms with van der Waals surface area (Å²) < 4.78 is 12.2. The first-order valence-corrected chi connectivity index (χ1v) is 27.7. The molecule has 3 nitrogen and oxygen atoms in total. The van der Waals surface area contributed by atoms with E-state index in [0.29, 0.717) is 11.8 Å². The number of para-hydroxylation sites is 3. The van der Waals surface area contributed by atoms with Crippen LogP contribution in [0.15, 0.2) is 247 Å². The van der Waals surface area contributed by atoms with Crippen molar-refractivity contribution in [3.63, 3.8) is 0 Å². The molecular weight excluding hydrogens is 933 g/mol. The number of hydrogen-bond donors (Lipinski definition) is 0.